The Labute approximate surface area is 126 Å². The van der Waals surface area contributed by atoms with Crippen LogP contribution in [-0.2, 0) is 11.3 Å². The van der Waals surface area contributed by atoms with Gasteiger partial charge in [0.05, 0.1) is 12.2 Å². The van der Waals surface area contributed by atoms with Gasteiger partial charge >= 0.3 is 0 Å². The molecule has 4 nitrogen and oxygen atoms in total. The van der Waals surface area contributed by atoms with E-state index >= 15 is 0 Å². The number of methoxy groups -OCH3 is 1. The average Bonchev–Trinajstić information content (AvgIpc) is 2.98. The lowest BCUT2D eigenvalue weighted by Crippen LogP contribution is -2.18. The molecule has 1 aromatic heterocycles. The van der Waals surface area contributed by atoms with Gasteiger partial charge in [-0.05, 0) is 17.7 Å². The first-order valence-electron chi connectivity index (χ1n) is 6.13. The molecule has 0 aliphatic heterocycles. The smallest absolute Gasteiger partial charge is 0.154 e. The van der Waals surface area contributed by atoms with E-state index in [-0.39, 0.29) is 0 Å². The van der Waals surface area contributed by atoms with Crippen LogP contribution in [0.3, 0.4) is 0 Å². The summed E-state index contributed by atoms with van der Waals surface area (Å²) < 4.78 is 5.93. The number of aromatic nitrogens is 1. The van der Waals surface area contributed by atoms with Gasteiger partial charge in [0.1, 0.15) is 6.07 Å². The molecule has 0 saturated heterocycles. The lowest BCUT2D eigenvalue weighted by molar-refractivity contribution is 0.199. The number of nitrogens with zero attached hydrogens (tertiary/aromatic N) is 2. The molecule has 1 aromatic carbocycles. The van der Waals surface area contributed by atoms with E-state index in [1.54, 1.807) is 24.6 Å². The molecule has 0 atom stereocenters. The summed E-state index contributed by atoms with van der Waals surface area (Å²) in [6.45, 7) is 2.22. The summed E-state index contributed by atoms with van der Waals surface area (Å²) in [5.74, 6) is 0. The molecule has 0 bridgehead atoms. The predicted molar refractivity (Wildman–Crippen MR) is 81.0 cm³/mol. The largest absolute Gasteiger partial charge is 0.383 e. The molecule has 2 aromatic rings. The maximum atomic E-state index is 9.26. The molecule has 0 saturated carbocycles. The van der Waals surface area contributed by atoms with Crippen LogP contribution in [-0.4, -0.2) is 25.2 Å². The van der Waals surface area contributed by atoms with Gasteiger partial charge in [-0.1, -0.05) is 17.8 Å². The SMILES string of the molecule is COCCNCc1ccc(Sc2nccs2)c(C#N)c1. The van der Waals surface area contributed by atoms with Crippen LogP contribution in [0.4, 0.5) is 0 Å². The molecular formula is C14H15N3OS2. The topological polar surface area (TPSA) is 57.9 Å². The van der Waals surface area contributed by atoms with Crippen LogP contribution >= 0.6 is 23.1 Å². The zero-order chi connectivity index (χ0) is 14.2. The van der Waals surface area contributed by atoms with E-state index < -0.39 is 0 Å². The Hall–Kier alpha value is -1.39. The Morgan fingerprint density at radius 3 is 3.10 bits per heavy atom. The maximum absolute atomic E-state index is 9.26. The number of hydrogen-bond acceptors (Lipinski definition) is 6. The summed E-state index contributed by atoms with van der Waals surface area (Å²) in [6.07, 6.45) is 1.77. The Kier molecular flexibility index (Phi) is 6.02. The van der Waals surface area contributed by atoms with Crippen molar-refractivity contribution < 1.29 is 4.74 Å². The van der Waals surface area contributed by atoms with E-state index in [4.69, 9.17) is 4.74 Å². The number of benzene rings is 1. The minimum atomic E-state index is 0.684. The fraction of sp³-hybridized carbons (Fsp3) is 0.286. The predicted octanol–water partition coefficient (Wildman–Crippen LogP) is 2.90. The highest BCUT2D eigenvalue weighted by Crippen LogP contribution is 2.31. The van der Waals surface area contributed by atoms with Gasteiger partial charge in [0, 0.05) is 36.7 Å². The summed E-state index contributed by atoms with van der Waals surface area (Å²) >= 11 is 3.11. The minimum absolute atomic E-state index is 0.684. The van der Waals surface area contributed by atoms with Gasteiger partial charge in [-0.3, -0.25) is 0 Å². The van der Waals surface area contributed by atoms with Crippen molar-refractivity contribution in [3.05, 3.63) is 40.9 Å². The maximum Gasteiger partial charge on any atom is 0.154 e. The minimum Gasteiger partial charge on any atom is -0.383 e. The highest BCUT2D eigenvalue weighted by molar-refractivity contribution is 8.01. The van der Waals surface area contributed by atoms with Gasteiger partial charge < -0.3 is 10.1 Å². The molecule has 2 rings (SSSR count). The van der Waals surface area contributed by atoms with E-state index in [0.29, 0.717) is 12.2 Å². The fourth-order valence-electron chi connectivity index (χ4n) is 1.63. The van der Waals surface area contributed by atoms with Crippen LogP contribution in [0, 0.1) is 11.3 Å². The number of nitrogens with one attached hydrogen (secondary N) is 1. The molecule has 0 radical (unpaired) electrons. The van der Waals surface area contributed by atoms with Crippen LogP contribution in [0.25, 0.3) is 0 Å². The molecule has 104 valence electrons. The second-order valence-electron chi connectivity index (χ2n) is 4.01. The van der Waals surface area contributed by atoms with Crippen molar-refractivity contribution in [2.45, 2.75) is 15.8 Å². The molecule has 1 N–H and O–H groups in total. The summed E-state index contributed by atoms with van der Waals surface area (Å²) in [5.41, 5.74) is 1.79. The third-order valence-corrected chi connectivity index (χ3v) is 4.54. The fourth-order valence-corrected chi connectivity index (χ4v) is 3.27. The van der Waals surface area contributed by atoms with Gasteiger partial charge in [-0.15, -0.1) is 11.3 Å². The normalized spacial score (nSPS) is 10.4. The molecule has 6 heteroatoms. The second-order valence-corrected chi connectivity index (χ2v) is 6.20. The lowest BCUT2D eigenvalue weighted by atomic mass is 10.1. The van der Waals surface area contributed by atoms with Crippen LogP contribution in [0.15, 0.2) is 39.0 Å². The average molecular weight is 305 g/mol. The molecule has 20 heavy (non-hydrogen) atoms. The summed E-state index contributed by atoms with van der Waals surface area (Å²) in [4.78, 5) is 5.17. The van der Waals surface area contributed by atoms with Crippen molar-refractivity contribution in [2.24, 2.45) is 0 Å². The molecule has 0 amide bonds. The Balaban J connectivity index is 2.02. The van der Waals surface area contributed by atoms with Gasteiger partial charge in [-0.25, -0.2) is 4.98 Å². The number of hydrogen-bond donors (Lipinski definition) is 1. The molecule has 0 fully saturated rings. The van der Waals surface area contributed by atoms with Crippen molar-refractivity contribution in [1.29, 1.82) is 5.26 Å². The van der Waals surface area contributed by atoms with Crippen LogP contribution in [0.2, 0.25) is 0 Å². The first-order chi connectivity index (χ1) is 9.83. The summed E-state index contributed by atoms with van der Waals surface area (Å²) in [6, 6.07) is 8.20. The highest BCUT2D eigenvalue weighted by Gasteiger charge is 2.07. The molecular weight excluding hydrogens is 290 g/mol. The van der Waals surface area contributed by atoms with Crippen LogP contribution < -0.4 is 5.32 Å². The van der Waals surface area contributed by atoms with Gasteiger partial charge in [0.15, 0.2) is 4.34 Å². The number of thiazole rings is 1. The van der Waals surface area contributed by atoms with Gasteiger partial charge in [-0.2, -0.15) is 5.26 Å². The first kappa shape index (κ1) is 15.0. The Morgan fingerprint density at radius 2 is 2.40 bits per heavy atom. The molecule has 0 aliphatic rings. The summed E-state index contributed by atoms with van der Waals surface area (Å²) in [7, 11) is 1.68. The van der Waals surface area contributed by atoms with Crippen molar-refractivity contribution >= 4 is 23.1 Å². The van der Waals surface area contributed by atoms with Crippen LogP contribution in [0.1, 0.15) is 11.1 Å². The zero-order valence-corrected chi connectivity index (χ0v) is 12.8. The first-order valence-corrected chi connectivity index (χ1v) is 7.83. The standard InChI is InChI=1S/C14H15N3OS2/c1-18-6-4-16-10-11-2-3-13(12(8-11)9-15)20-14-17-5-7-19-14/h2-3,5,7-8,16H,4,6,10H2,1H3. The van der Waals surface area contributed by atoms with E-state index in [1.807, 2.05) is 23.6 Å². The Bertz CT molecular complexity index is 579. The third-order valence-electron chi connectivity index (χ3n) is 2.58. The monoisotopic (exact) mass is 305 g/mol. The van der Waals surface area contributed by atoms with E-state index in [0.717, 1.165) is 27.9 Å². The van der Waals surface area contributed by atoms with E-state index in [1.165, 1.54) is 11.8 Å². The van der Waals surface area contributed by atoms with Gasteiger partial charge in [0.2, 0.25) is 0 Å². The highest BCUT2D eigenvalue weighted by atomic mass is 32.2. The number of ether oxygens (including phenoxy) is 1. The van der Waals surface area contributed by atoms with Gasteiger partial charge in [0.25, 0.3) is 0 Å². The van der Waals surface area contributed by atoms with E-state index in [9.17, 15) is 5.26 Å². The zero-order valence-electron chi connectivity index (χ0n) is 11.1. The van der Waals surface area contributed by atoms with Crippen molar-refractivity contribution in [3.8, 4) is 6.07 Å². The second kappa shape index (κ2) is 8.02. The van der Waals surface area contributed by atoms with Crippen LogP contribution in [0.5, 0.6) is 0 Å². The lowest BCUT2D eigenvalue weighted by Gasteiger charge is -2.07. The number of rotatable bonds is 7. The third kappa shape index (κ3) is 4.32. The Morgan fingerprint density at radius 1 is 1.50 bits per heavy atom. The van der Waals surface area contributed by atoms with E-state index in [2.05, 4.69) is 16.4 Å². The molecule has 0 spiro atoms. The van der Waals surface area contributed by atoms with Crippen molar-refractivity contribution in [3.63, 3.8) is 0 Å². The quantitative estimate of drug-likeness (QED) is 0.797. The number of nitriles is 1. The molecule has 1 heterocycles. The summed E-state index contributed by atoms with van der Waals surface area (Å²) in [5, 5.41) is 14.5. The molecule has 0 aliphatic carbocycles. The van der Waals surface area contributed by atoms with Crippen molar-refractivity contribution in [1.82, 2.24) is 10.3 Å². The van der Waals surface area contributed by atoms with Crippen molar-refractivity contribution in [2.75, 3.05) is 20.3 Å². The molecule has 0 unspecified atom stereocenters.